The first kappa shape index (κ1) is 20.7. The second-order valence-corrected chi connectivity index (χ2v) is 6.06. The first-order valence-electron chi connectivity index (χ1n) is 8.27. The van der Waals surface area contributed by atoms with Gasteiger partial charge < -0.3 is 15.5 Å². The summed E-state index contributed by atoms with van der Waals surface area (Å²) < 4.78 is 1.94. The van der Waals surface area contributed by atoms with E-state index in [-0.39, 0.29) is 29.9 Å². The van der Waals surface area contributed by atoms with Crippen molar-refractivity contribution in [3.63, 3.8) is 0 Å². The van der Waals surface area contributed by atoms with Crippen LogP contribution >= 0.6 is 24.0 Å². The minimum absolute atomic E-state index is 0. The van der Waals surface area contributed by atoms with E-state index in [1.54, 1.807) is 7.05 Å². The summed E-state index contributed by atoms with van der Waals surface area (Å²) in [5, 5.41) is 10.4. The molecule has 1 aromatic rings. The van der Waals surface area contributed by atoms with E-state index in [0.717, 1.165) is 45.0 Å². The van der Waals surface area contributed by atoms with Crippen molar-refractivity contribution in [3.8, 4) is 0 Å². The van der Waals surface area contributed by atoms with Gasteiger partial charge in [-0.3, -0.25) is 14.5 Å². The quantitative estimate of drug-likeness (QED) is 0.404. The van der Waals surface area contributed by atoms with Crippen LogP contribution in [0.25, 0.3) is 0 Å². The lowest BCUT2D eigenvalue weighted by molar-refractivity contribution is -0.121. The van der Waals surface area contributed by atoms with Crippen LogP contribution < -0.4 is 10.6 Å². The summed E-state index contributed by atoms with van der Waals surface area (Å²) in [4.78, 5) is 18.1. The van der Waals surface area contributed by atoms with E-state index in [1.165, 1.54) is 5.56 Å². The summed E-state index contributed by atoms with van der Waals surface area (Å²) in [7, 11) is 3.52. The average Bonchev–Trinajstić information content (AvgIpc) is 2.98. The largest absolute Gasteiger partial charge is 0.359 e. The van der Waals surface area contributed by atoms with Gasteiger partial charge in [-0.25, -0.2) is 0 Å². The first-order chi connectivity index (χ1) is 11.1. The van der Waals surface area contributed by atoms with Crippen molar-refractivity contribution in [1.29, 1.82) is 0 Å². The molecule has 0 radical (unpaired) electrons. The molecule has 0 unspecified atom stereocenters. The molecule has 1 aliphatic heterocycles. The van der Waals surface area contributed by atoms with Crippen LogP contribution in [0.4, 0.5) is 0 Å². The molecule has 0 saturated carbocycles. The number of nitrogens with one attached hydrogen (secondary N) is 2. The second kappa shape index (κ2) is 10.5. The van der Waals surface area contributed by atoms with Gasteiger partial charge in [0.25, 0.3) is 0 Å². The standard InChI is InChI=1S/C16H28N6O.HI/c1-13-11-20-22(12-13)9-6-19-16(18-3)21-7-4-14(5-8-21)10-15(23)17-2;/h11-12,14H,4-10H2,1-3H3,(H,17,23)(H,18,19);1H. The molecule has 2 heterocycles. The first-order valence-corrected chi connectivity index (χ1v) is 8.27. The predicted molar refractivity (Wildman–Crippen MR) is 107 cm³/mol. The summed E-state index contributed by atoms with van der Waals surface area (Å²) in [6.07, 6.45) is 6.61. The fraction of sp³-hybridized carbons (Fsp3) is 0.688. The molecule has 7 nitrogen and oxygen atoms in total. The summed E-state index contributed by atoms with van der Waals surface area (Å²) in [5.74, 6) is 1.56. The molecule has 2 rings (SSSR count). The Kier molecular flexibility index (Phi) is 9.09. The molecular weight excluding hydrogens is 419 g/mol. The van der Waals surface area contributed by atoms with E-state index in [9.17, 15) is 4.79 Å². The summed E-state index contributed by atoms with van der Waals surface area (Å²) in [6, 6.07) is 0. The second-order valence-electron chi connectivity index (χ2n) is 6.06. The normalized spacial score (nSPS) is 15.8. The smallest absolute Gasteiger partial charge is 0.220 e. The molecule has 1 fully saturated rings. The van der Waals surface area contributed by atoms with Crippen LogP contribution in [0.5, 0.6) is 0 Å². The number of likely N-dealkylation sites (tertiary alicyclic amines) is 1. The van der Waals surface area contributed by atoms with Crippen molar-refractivity contribution in [3.05, 3.63) is 18.0 Å². The van der Waals surface area contributed by atoms with Gasteiger partial charge in [0, 0.05) is 46.3 Å². The molecule has 2 N–H and O–H groups in total. The summed E-state index contributed by atoms with van der Waals surface area (Å²) in [5.41, 5.74) is 1.17. The number of amides is 1. The van der Waals surface area contributed by atoms with Gasteiger partial charge in [0.05, 0.1) is 12.7 Å². The highest BCUT2D eigenvalue weighted by atomic mass is 127. The summed E-state index contributed by atoms with van der Waals surface area (Å²) in [6.45, 7) is 5.55. The number of aliphatic imine (C=N–C) groups is 1. The third-order valence-corrected chi connectivity index (χ3v) is 4.27. The van der Waals surface area contributed by atoms with E-state index < -0.39 is 0 Å². The van der Waals surface area contributed by atoms with Crippen LogP contribution in [0.2, 0.25) is 0 Å². The third-order valence-electron chi connectivity index (χ3n) is 4.27. The van der Waals surface area contributed by atoms with Crippen molar-refractivity contribution in [2.75, 3.05) is 33.7 Å². The van der Waals surface area contributed by atoms with Crippen LogP contribution in [0.15, 0.2) is 17.4 Å². The molecule has 1 saturated heterocycles. The monoisotopic (exact) mass is 448 g/mol. The van der Waals surface area contributed by atoms with Crippen LogP contribution in [0, 0.1) is 12.8 Å². The number of guanidine groups is 1. The number of rotatable bonds is 5. The van der Waals surface area contributed by atoms with Gasteiger partial charge in [-0.2, -0.15) is 5.10 Å². The summed E-state index contributed by atoms with van der Waals surface area (Å²) >= 11 is 0. The number of carbonyl (C=O) groups excluding carboxylic acids is 1. The Balaban J connectivity index is 0.00000288. The maximum atomic E-state index is 11.5. The van der Waals surface area contributed by atoms with E-state index >= 15 is 0 Å². The van der Waals surface area contributed by atoms with E-state index in [4.69, 9.17) is 0 Å². The highest BCUT2D eigenvalue weighted by Crippen LogP contribution is 2.20. The fourth-order valence-corrected chi connectivity index (χ4v) is 2.92. The Morgan fingerprint density at radius 1 is 1.42 bits per heavy atom. The van der Waals surface area contributed by atoms with Crippen LogP contribution in [0.3, 0.4) is 0 Å². The van der Waals surface area contributed by atoms with Gasteiger partial charge in [-0.15, -0.1) is 24.0 Å². The maximum Gasteiger partial charge on any atom is 0.220 e. The Labute approximate surface area is 161 Å². The molecule has 0 bridgehead atoms. The molecule has 136 valence electrons. The zero-order valence-corrected chi connectivity index (χ0v) is 17.1. The predicted octanol–water partition coefficient (Wildman–Crippen LogP) is 1.23. The van der Waals surface area contributed by atoms with Gasteiger partial charge >= 0.3 is 0 Å². The number of aromatic nitrogens is 2. The molecule has 0 atom stereocenters. The number of halogens is 1. The van der Waals surface area contributed by atoms with E-state index in [0.29, 0.717) is 12.3 Å². The highest BCUT2D eigenvalue weighted by Gasteiger charge is 2.22. The Morgan fingerprint density at radius 3 is 2.67 bits per heavy atom. The van der Waals surface area contributed by atoms with Crippen molar-refractivity contribution in [1.82, 2.24) is 25.3 Å². The average molecular weight is 448 g/mol. The molecular formula is C16H29IN6O. The van der Waals surface area contributed by atoms with Gasteiger partial charge in [0.15, 0.2) is 5.96 Å². The van der Waals surface area contributed by atoms with Crippen LogP contribution in [-0.2, 0) is 11.3 Å². The molecule has 24 heavy (non-hydrogen) atoms. The SMILES string of the molecule is CN=C(NCCn1cc(C)cn1)N1CCC(CC(=O)NC)CC1.I. The topological polar surface area (TPSA) is 74.5 Å². The number of nitrogens with zero attached hydrogens (tertiary/aromatic N) is 4. The molecule has 0 spiro atoms. The zero-order valence-electron chi connectivity index (χ0n) is 14.8. The molecule has 8 heteroatoms. The highest BCUT2D eigenvalue weighted by molar-refractivity contribution is 14.0. The number of aryl methyl sites for hydroxylation is 1. The van der Waals surface area contributed by atoms with Crippen molar-refractivity contribution in [2.45, 2.75) is 32.7 Å². The number of carbonyl (C=O) groups is 1. The van der Waals surface area contributed by atoms with Gasteiger partial charge in [0.2, 0.25) is 5.91 Å². The third kappa shape index (κ3) is 6.29. The lowest BCUT2D eigenvalue weighted by Crippen LogP contribution is -2.46. The minimum Gasteiger partial charge on any atom is -0.359 e. The van der Waals surface area contributed by atoms with Crippen LogP contribution in [-0.4, -0.2) is 60.3 Å². The van der Waals surface area contributed by atoms with Crippen molar-refractivity contribution >= 4 is 35.8 Å². The maximum absolute atomic E-state index is 11.5. The van der Waals surface area contributed by atoms with E-state index in [2.05, 4.69) is 25.6 Å². The molecule has 0 aromatic carbocycles. The molecule has 1 amide bonds. The number of hydrogen-bond acceptors (Lipinski definition) is 3. The number of piperidine rings is 1. The van der Waals surface area contributed by atoms with Crippen molar-refractivity contribution < 1.29 is 4.79 Å². The number of hydrogen-bond donors (Lipinski definition) is 2. The Hall–Kier alpha value is -1.32. The molecule has 0 aliphatic carbocycles. The van der Waals surface area contributed by atoms with Crippen LogP contribution in [0.1, 0.15) is 24.8 Å². The lowest BCUT2D eigenvalue weighted by Gasteiger charge is -2.34. The van der Waals surface area contributed by atoms with E-state index in [1.807, 2.05) is 31.0 Å². The van der Waals surface area contributed by atoms with Gasteiger partial charge in [-0.05, 0) is 31.2 Å². The lowest BCUT2D eigenvalue weighted by atomic mass is 9.93. The van der Waals surface area contributed by atoms with Crippen molar-refractivity contribution in [2.24, 2.45) is 10.9 Å². The zero-order chi connectivity index (χ0) is 16.7. The molecule has 1 aromatic heterocycles. The Bertz CT molecular complexity index is 536. The molecule has 1 aliphatic rings. The Morgan fingerprint density at radius 2 is 2.12 bits per heavy atom. The van der Waals surface area contributed by atoms with Gasteiger partial charge in [0.1, 0.15) is 0 Å². The van der Waals surface area contributed by atoms with Gasteiger partial charge in [-0.1, -0.05) is 0 Å². The fourth-order valence-electron chi connectivity index (χ4n) is 2.92. The minimum atomic E-state index is 0.